The van der Waals surface area contributed by atoms with Crippen molar-refractivity contribution in [2.24, 2.45) is 0 Å². The summed E-state index contributed by atoms with van der Waals surface area (Å²) in [7, 11) is -4.75. The minimum atomic E-state index is -4.75. The summed E-state index contributed by atoms with van der Waals surface area (Å²) in [5, 5.41) is 9.77. The normalized spacial score (nSPS) is 13.8. The van der Waals surface area contributed by atoms with Crippen molar-refractivity contribution in [3.05, 3.63) is 48.6 Å². The molecule has 0 spiro atoms. The number of aliphatic hydroxyl groups excluding tert-OH is 1. The number of allylic oxidation sites excluding steroid dienone is 8. The van der Waals surface area contributed by atoms with Crippen molar-refractivity contribution in [1.29, 1.82) is 0 Å². The zero-order chi connectivity index (χ0) is 48.4. The van der Waals surface area contributed by atoms with Gasteiger partial charge in [-0.25, -0.2) is 4.57 Å². The highest BCUT2D eigenvalue weighted by Gasteiger charge is 2.28. The minimum Gasteiger partial charge on any atom is -0.462 e. The third-order valence-corrected chi connectivity index (χ3v) is 12.2. The predicted octanol–water partition coefficient (Wildman–Crippen LogP) is 15.0. The summed E-state index contributed by atoms with van der Waals surface area (Å²) in [6, 6.07) is 0. The van der Waals surface area contributed by atoms with E-state index in [4.69, 9.17) is 23.3 Å². The molecule has 0 aliphatic heterocycles. The number of phosphoric acid groups is 1. The molecule has 384 valence electrons. The SMILES string of the molecule is CC/C=C\C/C=C\C/C=C\CCCCCC(=O)OC(CO)COP(=O)(O)OCC(COC(=O)CCCCCCC/C=C\CCCC)OC(=O)CCCCCCCCCCCCCCCCC. The molecule has 0 aromatic rings. The number of rotatable bonds is 49. The fourth-order valence-electron chi connectivity index (χ4n) is 7.17. The maximum absolute atomic E-state index is 12.8. The van der Waals surface area contributed by atoms with Crippen LogP contribution in [0.3, 0.4) is 0 Å². The Morgan fingerprint density at radius 1 is 0.439 bits per heavy atom. The first-order valence-electron chi connectivity index (χ1n) is 26.5. The van der Waals surface area contributed by atoms with E-state index in [1.807, 2.05) is 0 Å². The molecule has 0 aromatic heterocycles. The standard InChI is InChI=1S/C54H97O11P/c1-4-7-10-13-16-19-22-24-25-27-30-33-36-39-42-45-54(58)65-51(47-61-52(56)43-40-37-34-31-28-21-18-15-12-9-6-3)49-63-66(59,60)62-48-50(46-55)64-53(57)44-41-38-35-32-29-26-23-20-17-14-11-8-5-2/h8,11,15,17-18,20,26,29,50-51,55H,4-7,9-10,12-14,16,19,21-25,27-28,30-49H2,1-3H3,(H,59,60)/b11-8-,18-15-,20-17-,29-26-. The lowest BCUT2D eigenvalue weighted by atomic mass is 10.0. The first-order chi connectivity index (χ1) is 32.2. The Balaban J connectivity index is 4.74. The zero-order valence-corrected chi connectivity index (χ0v) is 43.1. The third kappa shape index (κ3) is 46.5. The van der Waals surface area contributed by atoms with Crippen LogP contribution in [0.1, 0.15) is 239 Å². The van der Waals surface area contributed by atoms with Crippen LogP contribution in [0.4, 0.5) is 0 Å². The van der Waals surface area contributed by atoms with E-state index in [9.17, 15) is 28.9 Å². The zero-order valence-electron chi connectivity index (χ0n) is 42.2. The van der Waals surface area contributed by atoms with Crippen LogP contribution in [0, 0.1) is 0 Å². The van der Waals surface area contributed by atoms with Gasteiger partial charge in [0.05, 0.1) is 19.8 Å². The molecule has 0 amide bonds. The van der Waals surface area contributed by atoms with E-state index in [-0.39, 0.29) is 25.9 Å². The topological polar surface area (TPSA) is 155 Å². The number of aliphatic hydroxyl groups is 1. The second kappa shape index (κ2) is 48.9. The molecule has 2 N–H and O–H groups in total. The van der Waals surface area contributed by atoms with E-state index in [1.165, 1.54) is 83.5 Å². The second-order valence-electron chi connectivity index (χ2n) is 17.7. The van der Waals surface area contributed by atoms with Crippen LogP contribution in [-0.4, -0.2) is 66.5 Å². The molecule has 0 bridgehead atoms. The van der Waals surface area contributed by atoms with E-state index in [2.05, 4.69) is 69.4 Å². The first kappa shape index (κ1) is 63.4. The fraction of sp³-hybridized carbons (Fsp3) is 0.796. The summed E-state index contributed by atoms with van der Waals surface area (Å²) >= 11 is 0. The smallest absolute Gasteiger partial charge is 0.462 e. The molecule has 0 rings (SSSR count). The molecule has 11 nitrogen and oxygen atoms in total. The molecule has 12 heteroatoms. The van der Waals surface area contributed by atoms with Crippen LogP contribution in [-0.2, 0) is 42.2 Å². The van der Waals surface area contributed by atoms with Crippen molar-refractivity contribution in [1.82, 2.24) is 0 Å². The van der Waals surface area contributed by atoms with Gasteiger partial charge in [-0.2, -0.15) is 0 Å². The first-order valence-corrected chi connectivity index (χ1v) is 28.0. The van der Waals surface area contributed by atoms with Crippen molar-refractivity contribution < 1.29 is 52.2 Å². The second-order valence-corrected chi connectivity index (χ2v) is 19.1. The lowest BCUT2D eigenvalue weighted by molar-refractivity contribution is -0.161. The number of carbonyl (C=O) groups is 3. The maximum atomic E-state index is 12.8. The van der Waals surface area contributed by atoms with Gasteiger partial charge in [0, 0.05) is 19.3 Å². The van der Waals surface area contributed by atoms with E-state index in [0.29, 0.717) is 19.3 Å². The quantitative estimate of drug-likeness (QED) is 0.0197. The highest BCUT2D eigenvalue weighted by atomic mass is 31.2. The molecule has 0 aromatic carbocycles. The molecular weight excluding hydrogens is 856 g/mol. The molecular formula is C54H97O11P. The van der Waals surface area contributed by atoms with Gasteiger partial charge in [0.25, 0.3) is 0 Å². The Hall–Kier alpha value is -2.56. The Morgan fingerprint density at radius 3 is 1.29 bits per heavy atom. The third-order valence-electron chi connectivity index (χ3n) is 11.2. The number of hydrogen-bond acceptors (Lipinski definition) is 10. The van der Waals surface area contributed by atoms with Gasteiger partial charge in [-0.3, -0.25) is 23.4 Å². The Bertz CT molecular complexity index is 1300. The summed E-state index contributed by atoms with van der Waals surface area (Å²) in [5.74, 6) is -1.50. The van der Waals surface area contributed by atoms with Crippen LogP contribution in [0.25, 0.3) is 0 Å². The summed E-state index contributed by atoms with van der Waals surface area (Å²) in [6.07, 6.45) is 49.4. The fourth-order valence-corrected chi connectivity index (χ4v) is 7.96. The Kier molecular flexibility index (Phi) is 47.0. The van der Waals surface area contributed by atoms with Crippen LogP contribution < -0.4 is 0 Å². The maximum Gasteiger partial charge on any atom is 0.472 e. The van der Waals surface area contributed by atoms with Gasteiger partial charge in [0.1, 0.15) is 12.7 Å². The van der Waals surface area contributed by atoms with E-state index < -0.39 is 57.8 Å². The molecule has 0 saturated heterocycles. The Labute approximate surface area is 403 Å². The monoisotopic (exact) mass is 953 g/mol. The summed E-state index contributed by atoms with van der Waals surface area (Å²) < 4.78 is 39.3. The van der Waals surface area contributed by atoms with Gasteiger partial charge < -0.3 is 24.2 Å². The van der Waals surface area contributed by atoms with Gasteiger partial charge in [0.2, 0.25) is 0 Å². The molecule has 66 heavy (non-hydrogen) atoms. The molecule has 0 saturated carbocycles. The van der Waals surface area contributed by atoms with Gasteiger partial charge in [-0.05, 0) is 70.6 Å². The van der Waals surface area contributed by atoms with Crippen LogP contribution >= 0.6 is 7.82 Å². The van der Waals surface area contributed by atoms with Crippen LogP contribution in [0.2, 0.25) is 0 Å². The van der Waals surface area contributed by atoms with E-state index in [0.717, 1.165) is 96.3 Å². The van der Waals surface area contributed by atoms with Gasteiger partial charge in [-0.15, -0.1) is 0 Å². The molecule has 3 unspecified atom stereocenters. The number of phosphoric ester groups is 1. The van der Waals surface area contributed by atoms with Crippen molar-refractivity contribution in [3.63, 3.8) is 0 Å². The molecule has 3 atom stereocenters. The number of hydrogen-bond donors (Lipinski definition) is 2. The van der Waals surface area contributed by atoms with E-state index >= 15 is 0 Å². The van der Waals surface area contributed by atoms with Crippen molar-refractivity contribution >= 4 is 25.7 Å². The largest absolute Gasteiger partial charge is 0.472 e. The predicted molar refractivity (Wildman–Crippen MR) is 270 cm³/mol. The number of carbonyl (C=O) groups excluding carboxylic acids is 3. The average molecular weight is 953 g/mol. The molecule has 0 aliphatic rings. The van der Waals surface area contributed by atoms with Gasteiger partial charge >= 0.3 is 25.7 Å². The van der Waals surface area contributed by atoms with E-state index in [1.54, 1.807) is 0 Å². The number of esters is 3. The van der Waals surface area contributed by atoms with Gasteiger partial charge in [-0.1, -0.05) is 198 Å². The van der Waals surface area contributed by atoms with Gasteiger partial charge in [0.15, 0.2) is 6.10 Å². The summed E-state index contributed by atoms with van der Waals surface area (Å²) in [6.45, 7) is 4.45. The van der Waals surface area contributed by atoms with Crippen LogP contribution in [0.5, 0.6) is 0 Å². The lowest BCUT2D eigenvalue weighted by Gasteiger charge is -2.21. The number of ether oxygens (including phenoxy) is 3. The highest BCUT2D eigenvalue weighted by molar-refractivity contribution is 7.47. The van der Waals surface area contributed by atoms with Crippen molar-refractivity contribution in [2.45, 2.75) is 251 Å². The molecule has 0 radical (unpaired) electrons. The molecule has 0 aliphatic carbocycles. The Morgan fingerprint density at radius 2 is 0.803 bits per heavy atom. The highest BCUT2D eigenvalue weighted by Crippen LogP contribution is 2.43. The van der Waals surface area contributed by atoms with Crippen molar-refractivity contribution in [2.75, 3.05) is 26.4 Å². The molecule has 0 fully saturated rings. The minimum absolute atomic E-state index is 0.143. The van der Waals surface area contributed by atoms with Crippen molar-refractivity contribution in [3.8, 4) is 0 Å². The summed E-state index contributed by atoms with van der Waals surface area (Å²) in [5.41, 5.74) is 0. The molecule has 0 heterocycles. The summed E-state index contributed by atoms with van der Waals surface area (Å²) in [4.78, 5) is 48.3. The lowest BCUT2D eigenvalue weighted by Crippen LogP contribution is -2.30. The average Bonchev–Trinajstić information content (AvgIpc) is 3.30. The van der Waals surface area contributed by atoms with Crippen LogP contribution in [0.15, 0.2) is 48.6 Å². The number of unbranched alkanes of at least 4 members (excludes halogenated alkanes) is 24.